The fraction of sp³-hybridized carbons (Fsp3) is 0.105. The van der Waals surface area contributed by atoms with Crippen molar-refractivity contribution in [2.75, 3.05) is 20.0 Å². The topological polar surface area (TPSA) is 106 Å². The summed E-state index contributed by atoms with van der Waals surface area (Å²) >= 11 is 0. The highest BCUT2D eigenvalue weighted by Crippen LogP contribution is 2.33. The maximum Gasteiger partial charge on any atom is 0.337 e. The Morgan fingerprint density at radius 3 is 1.78 bits per heavy atom. The monoisotopic (exact) mass is 367 g/mol. The summed E-state index contributed by atoms with van der Waals surface area (Å²) in [5.74, 6) is 1.56. The summed E-state index contributed by atoms with van der Waals surface area (Å²) in [5.41, 5.74) is 6.61. The number of ether oxygens (including phenoxy) is 4. The molecule has 0 fully saturated rings. The number of nitrogen functional groups attached to an aromatic ring is 1. The van der Waals surface area contributed by atoms with E-state index in [-0.39, 0.29) is 17.4 Å². The molecule has 0 aliphatic rings. The van der Waals surface area contributed by atoms with E-state index in [9.17, 15) is 4.79 Å². The van der Waals surface area contributed by atoms with Crippen molar-refractivity contribution in [3.63, 3.8) is 0 Å². The molecule has 8 heteroatoms. The summed E-state index contributed by atoms with van der Waals surface area (Å²) in [4.78, 5) is 19.5. The van der Waals surface area contributed by atoms with E-state index in [0.29, 0.717) is 22.8 Å². The maximum absolute atomic E-state index is 11.5. The SMILES string of the molecule is COC(=O)c1ccc(Oc2ncnc(Oc3ccc(OC)cc3)c2N)cc1. The molecule has 0 radical (unpaired) electrons. The Balaban J connectivity index is 1.77. The molecule has 2 aromatic carbocycles. The van der Waals surface area contributed by atoms with Gasteiger partial charge in [-0.05, 0) is 48.5 Å². The first kappa shape index (κ1) is 18.0. The zero-order valence-electron chi connectivity index (χ0n) is 14.7. The zero-order chi connectivity index (χ0) is 19.2. The Bertz CT molecular complexity index is 927. The van der Waals surface area contributed by atoms with Crippen LogP contribution in [-0.2, 0) is 4.74 Å². The summed E-state index contributed by atoms with van der Waals surface area (Å²) in [6.45, 7) is 0. The van der Waals surface area contributed by atoms with Crippen LogP contribution >= 0.6 is 0 Å². The molecule has 0 aliphatic heterocycles. The van der Waals surface area contributed by atoms with Crippen molar-refractivity contribution in [1.82, 2.24) is 9.97 Å². The van der Waals surface area contributed by atoms with E-state index in [0.717, 1.165) is 0 Å². The van der Waals surface area contributed by atoms with Gasteiger partial charge in [-0.3, -0.25) is 0 Å². The Morgan fingerprint density at radius 2 is 1.30 bits per heavy atom. The predicted molar refractivity (Wildman–Crippen MR) is 97.4 cm³/mol. The Kier molecular flexibility index (Phi) is 5.36. The first-order chi connectivity index (χ1) is 13.1. The van der Waals surface area contributed by atoms with Crippen molar-refractivity contribution in [1.29, 1.82) is 0 Å². The molecule has 8 nitrogen and oxygen atoms in total. The number of hydrogen-bond acceptors (Lipinski definition) is 8. The molecule has 27 heavy (non-hydrogen) atoms. The van der Waals surface area contributed by atoms with E-state index in [2.05, 4.69) is 14.7 Å². The van der Waals surface area contributed by atoms with E-state index in [4.69, 9.17) is 19.9 Å². The number of carbonyl (C=O) groups excluding carboxylic acids is 1. The quantitative estimate of drug-likeness (QED) is 0.661. The third-order valence-electron chi connectivity index (χ3n) is 3.57. The highest BCUT2D eigenvalue weighted by Gasteiger charge is 2.13. The maximum atomic E-state index is 11.5. The van der Waals surface area contributed by atoms with Crippen molar-refractivity contribution in [2.45, 2.75) is 0 Å². The van der Waals surface area contributed by atoms with Crippen molar-refractivity contribution in [3.8, 4) is 29.0 Å². The number of hydrogen-bond donors (Lipinski definition) is 1. The number of esters is 1. The smallest absolute Gasteiger partial charge is 0.337 e. The van der Waals surface area contributed by atoms with E-state index in [1.165, 1.54) is 13.4 Å². The molecule has 0 saturated heterocycles. The molecular formula is C19H17N3O5. The van der Waals surface area contributed by atoms with Crippen molar-refractivity contribution in [2.24, 2.45) is 0 Å². The lowest BCUT2D eigenvalue weighted by Crippen LogP contribution is -2.02. The van der Waals surface area contributed by atoms with Gasteiger partial charge >= 0.3 is 5.97 Å². The molecule has 1 heterocycles. The minimum absolute atomic E-state index is 0.138. The summed E-state index contributed by atoms with van der Waals surface area (Å²) in [5, 5.41) is 0. The lowest BCUT2D eigenvalue weighted by molar-refractivity contribution is 0.0600. The van der Waals surface area contributed by atoms with Gasteiger partial charge in [0.2, 0.25) is 11.8 Å². The molecule has 0 atom stereocenters. The summed E-state index contributed by atoms with van der Waals surface area (Å²) in [6, 6.07) is 13.3. The number of rotatable bonds is 6. The minimum Gasteiger partial charge on any atom is -0.497 e. The average molecular weight is 367 g/mol. The summed E-state index contributed by atoms with van der Waals surface area (Å²) in [7, 11) is 2.90. The molecule has 0 bridgehead atoms. The first-order valence-corrected chi connectivity index (χ1v) is 7.89. The van der Waals surface area contributed by atoms with Gasteiger partial charge in [-0.2, -0.15) is 9.97 Å². The first-order valence-electron chi connectivity index (χ1n) is 7.89. The van der Waals surface area contributed by atoms with Crippen LogP contribution < -0.4 is 19.9 Å². The van der Waals surface area contributed by atoms with Gasteiger partial charge in [0.1, 0.15) is 23.6 Å². The molecule has 3 aromatic rings. The second-order valence-corrected chi connectivity index (χ2v) is 5.29. The van der Waals surface area contributed by atoms with Crippen molar-refractivity contribution >= 4 is 11.7 Å². The van der Waals surface area contributed by atoms with Gasteiger partial charge in [0.15, 0.2) is 5.69 Å². The number of carbonyl (C=O) groups is 1. The largest absolute Gasteiger partial charge is 0.497 e. The van der Waals surface area contributed by atoms with Gasteiger partial charge in [-0.15, -0.1) is 0 Å². The minimum atomic E-state index is -0.432. The molecule has 0 amide bonds. The van der Waals surface area contributed by atoms with Crippen LogP contribution in [0.15, 0.2) is 54.9 Å². The third-order valence-corrected chi connectivity index (χ3v) is 3.57. The van der Waals surface area contributed by atoms with Crippen LogP contribution in [0.3, 0.4) is 0 Å². The zero-order valence-corrected chi connectivity index (χ0v) is 14.7. The number of methoxy groups -OCH3 is 2. The van der Waals surface area contributed by atoms with E-state index < -0.39 is 5.97 Å². The molecule has 0 unspecified atom stereocenters. The fourth-order valence-corrected chi connectivity index (χ4v) is 2.17. The molecule has 1 aromatic heterocycles. The summed E-state index contributed by atoms with van der Waals surface area (Å²) < 4.78 is 21.1. The van der Waals surface area contributed by atoms with Crippen LogP contribution in [0.5, 0.6) is 29.0 Å². The lowest BCUT2D eigenvalue weighted by atomic mass is 10.2. The molecule has 2 N–H and O–H groups in total. The predicted octanol–water partition coefficient (Wildman–Crippen LogP) is 3.44. The van der Waals surface area contributed by atoms with Crippen LogP contribution in [0.25, 0.3) is 0 Å². The number of anilines is 1. The van der Waals surface area contributed by atoms with E-state index >= 15 is 0 Å². The molecule has 0 aliphatic carbocycles. The highest BCUT2D eigenvalue weighted by molar-refractivity contribution is 5.89. The second-order valence-electron chi connectivity index (χ2n) is 5.29. The number of benzene rings is 2. The fourth-order valence-electron chi connectivity index (χ4n) is 2.17. The van der Waals surface area contributed by atoms with Crippen LogP contribution in [0, 0.1) is 0 Å². The Labute approximate surface area is 155 Å². The number of nitrogens with two attached hydrogens (primary N) is 1. The Hall–Kier alpha value is -3.81. The van der Waals surface area contributed by atoms with Gasteiger partial charge in [0.25, 0.3) is 0 Å². The lowest BCUT2D eigenvalue weighted by Gasteiger charge is -2.11. The van der Waals surface area contributed by atoms with E-state index in [1.54, 1.807) is 55.6 Å². The van der Waals surface area contributed by atoms with Gasteiger partial charge in [0.05, 0.1) is 19.8 Å². The van der Waals surface area contributed by atoms with Gasteiger partial charge in [0, 0.05) is 0 Å². The van der Waals surface area contributed by atoms with Gasteiger partial charge in [-0.25, -0.2) is 4.79 Å². The molecule has 0 saturated carbocycles. The highest BCUT2D eigenvalue weighted by atomic mass is 16.5. The molecule has 3 rings (SSSR count). The van der Waals surface area contributed by atoms with Crippen molar-refractivity contribution in [3.05, 3.63) is 60.4 Å². The third kappa shape index (κ3) is 4.24. The van der Waals surface area contributed by atoms with Crippen LogP contribution in [0.4, 0.5) is 5.69 Å². The van der Waals surface area contributed by atoms with Gasteiger partial charge < -0.3 is 24.7 Å². The molecule has 138 valence electrons. The van der Waals surface area contributed by atoms with Crippen LogP contribution in [0.2, 0.25) is 0 Å². The van der Waals surface area contributed by atoms with E-state index in [1.807, 2.05) is 0 Å². The van der Waals surface area contributed by atoms with Gasteiger partial charge in [-0.1, -0.05) is 0 Å². The number of nitrogens with zero attached hydrogens (tertiary/aromatic N) is 2. The molecule has 0 spiro atoms. The second kappa shape index (κ2) is 8.05. The van der Waals surface area contributed by atoms with Crippen LogP contribution in [0.1, 0.15) is 10.4 Å². The Morgan fingerprint density at radius 1 is 0.815 bits per heavy atom. The normalized spacial score (nSPS) is 10.1. The molecular weight excluding hydrogens is 350 g/mol. The summed E-state index contributed by atoms with van der Waals surface area (Å²) in [6.07, 6.45) is 1.29. The number of aromatic nitrogens is 2. The van der Waals surface area contributed by atoms with Crippen molar-refractivity contribution < 1.29 is 23.7 Å². The van der Waals surface area contributed by atoms with Crippen LogP contribution in [-0.4, -0.2) is 30.2 Å². The average Bonchev–Trinajstić information content (AvgIpc) is 2.71. The standard InChI is InChI=1S/C19H17N3O5/c1-24-13-7-9-15(10-8-13)27-18-16(20)17(21-11-22-18)26-14-5-3-12(4-6-14)19(23)25-2/h3-11H,20H2,1-2H3.